The first-order valence-electron chi connectivity index (χ1n) is 9.68. The van der Waals surface area contributed by atoms with Crippen LogP contribution in [0.1, 0.15) is 43.5 Å². The second-order valence-electron chi connectivity index (χ2n) is 6.60. The molecule has 0 aliphatic carbocycles. The van der Waals surface area contributed by atoms with Crippen LogP contribution < -0.4 is 10.6 Å². The van der Waals surface area contributed by atoms with Crippen LogP contribution in [0.25, 0.3) is 5.57 Å². The van der Waals surface area contributed by atoms with E-state index >= 15 is 0 Å². The number of pyridine rings is 2. The van der Waals surface area contributed by atoms with Gasteiger partial charge in [-0.25, -0.2) is 9.97 Å². The Morgan fingerprint density at radius 2 is 2.04 bits per heavy atom. The highest BCUT2D eigenvalue weighted by molar-refractivity contribution is 5.74. The third-order valence-corrected chi connectivity index (χ3v) is 4.23. The quantitative estimate of drug-likeness (QED) is 0.481. The zero-order valence-electron chi connectivity index (χ0n) is 17.1. The van der Waals surface area contributed by atoms with Crippen molar-refractivity contribution in [3.8, 4) is 0 Å². The number of rotatable bonds is 10. The monoisotopic (exact) mass is 374 g/mol. The molecule has 2 N–H and O–H groups in total. The molecule has 0 fully saturated rings. The molecule has 2 aromatic rings. The van der Waals surface area contributed by atoms with Crippen LogP contribution in [-0.2, 0) is 6.42 Å². The Morgan fingerprint density at radius 1 is 1.21 bits per heavy atom. The third kappa shape index (κ3) is 6.23. The lowest BCUT2D eigenvalue weighted by Gasteiger charge is -2.14. The molecule has 0 aliphatic heterocycles. The first-order valence-corrected chi connectivity index (χ1v) is 9.68. The molecule has 4 heteroatoms. The van der Waals surface area contributed by atoms with Crippen LogP contribution in [0.4, 0.5) is 11.6 Å². The summed E-state index contributed by atoms with van der Waals surface area (Å²) in [6.07, 6.45) is 12.9. The fourth-order valence-corrected chi connectivity index (χ4v) is 2.76. The summed E-state index contributed by atoms with van der Waals surface area (Å²) in [7, 11) is 0. The molecule has 0 aromatic carbocycles. The molecule has 2 rings (SSSR count). The first-order chi connectivity index (χ1) is 13.6. The van der Waals surface area contributed by atoms with Crippen molar-refractivity contribution in [3.05, 3.63) is 90.6 Å². The maximum Gasteiger partial charge on any atom is 0.135 e. The topological polar surface area (TPSA) is 49.8 Å². The van der Waals surface area contributed by atoms with Crippen LogP contribution in [-0.4, -0.2) is 9.97 Å². The van der Waals surface area contributed by atoms with Crippen LogP contribution >= 0.6 is 0 Å². The molecular formula is C24H30N4. The Hall–Kier alpha value is -3.14. The van der Waals surface area contributed by atoms with E-state index < -0.39 is 0 Å². The fourth-order valence-electron chi connectivity index (χ4n) is 2.76. The van der Waals surface area contributed by atoms with Gasteiger partial charge < -0.3 is 10.6 Å². The fraction of sp³-hybridized carbons (Fsp3) is 0.250. The number of aryl methyl sites for hydroxylation is 2. The van der Waals surface area contributed by atoms with Crippen molar-refractivity contribution in [3.63, 3.8) is 0 Å². The van der Waals surface area contributed by atoms with E-state index in [0.717, 1.165) is 34.9 Å². The molecule has 146 valence electrons. The lowest BCUT2D eigenvalue weighted by molar-refractivity contribution is 0.794. The number of anilines is 2. The van der Waals surface area contributed by atoms with Crippen molar-refractivity contribution in [2.24, 2.45) is 0 Å². The normalized spacial score (nSPS) is 11.5. The van der Waals surface area contributed by atoms with E-state index in [1.807, 2.05) is 50.4 Å². The molecule has 0 spiro atoms. The Balaban J connectivity index is 2.14. The van der Waals surface area contributed by atoms with Crippen molar-refractivity contribution >= 4 is 17.2 Å². The summed E-state index contributed by atoms with van der Waals surface area (Å²) in [5.74, 6) is 2.17. The molecule has 0 saturated carbocycles. The summed E-state index contributed by atoms with van der Waals surface area (Å²) in [6.45, 7) is 14.1. The first kappa shape index (κ1) is 21.2. The number of aromatic nitrogens is 2. The molecular weight excluding hydrogens is 344 g/mol. The van der Waals surface area contributed by atoms with Gasteiger partial charge in [0.2, 0.25) is 0 Å². The van der Waals surface area contributed by atoms with Gasteiger partial charge in [-0.1, -0.05) is 56.9 Å². The van der Waals surface area contributed by atoms with Gasteiger partial charge in [0, 0.05) is 6.20 Å². The summed E-state index contributed by atoms with van der Waals surface area (Å²) >= 11 is 0. The van der Waals surface area contributed by atoms with Crippen molar-refractivity contribution in [2.75, 3.05) is 10.6 Å². The van der Waals surface area contributed by atoms with E-state index in [-0.39, 0.29) is 0 Å². The molecule has 0 radical (unpaired) electrons. The maximum atomic E-state index is 4.75. The van der Waals surface area contributed by atoms with Gasteiger partial charge in [-0.05, 0) is 61.6 Å². The summed E-state index contributed by atoms with van der Waals surface area (Å²) in [6, 6.07) is 8.17. The minimum absolute atomic E-state index is 0.633. The Labute approximate surface area is 168 Å². The van der Waals surface area contributed by atoms with Crippen LogP contribution in [0.3, 0.4) is 0 Å². The largest absolute Gasteiger partial charge is 0.327 e. The lowest BCUT2D eigenvalue weighted by Crippen LogP contribution is -2.11. The molecule has 0 bridgehead atoms. The Kier molecular flexibility index (Phi) is 8.22. The summed E-state index contributed by atoms with van der Waals surface area (Å²) in [5.41, 5.74) is 4.19. The van der Waals surface area contributed by atoms with Crippen LogP contribution in [0, 0.1) is 6.92 Å². The van der Waals surface area contributed by atoms with Gasteiger partial charge in [-0.15, -0.1) is 0 Å². The average molecular weight is 375 g/mol. The van der Waals surface area contributed by atoms with Gasteiger partial charge in [0.25, 0.3) is 0 Å². The highest BCUT2D eigenvalue weighted by Gasteiger charge is 2.07. The second-order valence-corrected chi connectivity index (χ2v) is 6.60. The van der Waals surface area contributed by atoms with Crippen LogP contribution in [0.5, 0.6) is 0 Å². The summed E-state index contributed by atoms with van der Waals surface area (Å²) < 4.78 is 0. The molecule has 0 aliphatic rings. The lowest BCUT2D eigenvalue weighted by atomic mass is 10.1. The zero-order valence-corrected chi connectivity index (χ0v) is 17.1. The second kappa shape index (κ2) is 10.9. The predicted molar refractivity (Wildman–Crippen MR) is 121 cm³/mol. The average Bonchev–Trinajstić information content (AvgIpc) is 2.68. The molecule has 0 unspecified atom stereocenters. The molecule has 28 heavy (non-hydrogen) atoms. The van der Waals surface area contributed by atoms with E-state index in [9.17, 15) is 0 Å². The number of hydrogen-bond acceptors (Lipinski definition) is 4. The zero-order chi connectivity index (χ0) is 20.4. The van der Waals surface area contributed by atoms with E-state index in [2.05, 4.69) is 47.8 Å². The smallest absolute Gasteiger partial charge is 0.135 e. The molecule has 2 heterocycles. The summed E-state index contributed by atoms with van der Waals surface area (Å²) in [5, 5.41) is 6.50. The number of hydrogen-bond donors (Lipinski definition) is 2. The Bertz CT molecular complexity index is 878. The minimum Gasteiger partial charge on any atom is -0.327 e. The van der Waals surface area contributed by atoms with Gasteiger partial charge in [0.15, 0.2) is 0 Å². The standard InChI is InChI=1S/C24H30N4/c1-6-9-12-20-15-16-25-23(17-20)26-19(5)27-24-18(4)13-14-22(28-24)21(10-7-2)11-8-3/h7-8,10-11,13-17H,2,5-6,9,12H2,1,3-4H3,(H,25,26)(H,27,28)/b11-8-,21-10+. The molecule has 2 aromatic heterocycles. The SMILES string of the molecule is C=C/C=C(\C=C/C)c1ccc(C)c(NC(=C)Nc2cc(CCCC)ccn2)n1. The number of nitrogens with one attached hydrogen (secondary N) is 2. The van der Waals surface area contributed by atoms with Crippen molar-refractivity contribution in [2.45, 2.75) is 40.0 Å². The molecule has 0 saturated heterocycles. The van der Waals surface area contributed by atoms with Gasteiger partial charge in [0.05, 0.1) is 5.69 Å². The van der Waals surface area contributed by atoms with Gasteiger partial charge in [-0.2, -0.15) is 0 Å². The number of unbranched alkanes of at least 4 members (excludes halogenated alkanes) is 1. The van der Waals surface area contributed by atoms with Gasteiger partial charge in [0.1, 0.15) is 17.5 Å². The van der Waals surface area contributed by atoms with Crippen molar-refractivity contribution in [1.29, 1.82) is 0 Å². The summed E-state index contributed by atoms with van der Waals surface area (Å²) in [4.78, 5) is 9.13. The van der Waals surface area contributed by atoms with E-state index in [1.165, 1.54) is 18.4 Å². The van der Waals surface area contributed by atoms with Gasteiger partial charge >= 0.3 is 0 Å². The molecule has 0 amide bonds. The van der Waals surface area contributed by atoms with E-state index in [4.69, 9.17) is 4.98 Å². The Morgan fingerprint density at radius 3 is 2.75 bits per heavy atom. The maximum absolute atomic E-state index is 4.75. The minimum atomic E-state index is 0.633. The number of allylic oxidation sites excluding steroid dienone is 5. The van der Waals surface area contributed by atoms with E-state index in [0.29, 0.717) is 5.82 Å². The molecule has 0 atom stereocenters. The van der Waals surface area contributed by atoms with E-state index in [1.54, 1.807) is 6.08 Å². The number of nitrogens with zero attached hydrogens (tertiary/aromatic N) is 2. The highest BCUT2D eigenvalue weighted by atomic mass is 15.2. The van der Waals surface area contributed by atoms with Crippen LogP contribution in [0.2, 0.25) is 0 Å². The molecule has 4 nitrogen and oxygen atoms in total. The third-order valence-electron chi connectivity index (χ3n) is 4.23. The van der Waals surface area contributed by atoms with Crippen LogP contribution in [0.15, 0.2) is 73.7 Å². The van der Waals surface area contributed by atoms with Crippen molar-refractivity contribution < 1.29 is 0 Å². The van der Waals surface area contributed by atoms with Gasteiger partial charge in [-0.3, -0.25) is 0 Å². The highest BCUT2D eigenvalue weighted by Crippen LogP contribution is 2.21. The predicted octanol–water partition coefficient (Wildman–Crippen LogP) is 6.27. The van der Waals surface area contributed by atoms with Crippen molar-refractivity contribution in [1.82, 2.24) is 9.97 Å².